The third-order valence-corrected chi connectivity index (χ3v) is 5.80. The number of nitrogens with one attached hydrogen (secondary N) is 2. The molecule has 0 atom stereocenters. The summed E-state index contributed by atoms with van der Waals surface area (Å²) in [5.41, 5.74) is 4.34. The van der Waals surface area contributed by atoms with Gasteiger partial charge < -0.3 is 20.1 Å². The molecule has 0 bridgehead atoms. The Kier molecular flexibility index (Phi) is 9.92. The van der Waals surface area contributed by atoms with Crippen LogP contribution in [0.1, 0.15) is 61.8 Å². The molecule has 0 aliphatic rings. The van der Waals surface area contributed by atoms with Crippen molar-refractivity contribution in [2.45, 2.75) is 52.6 Å². The van der Waals surface area contributed by atoms with Crippen LogP contribution in [0.3, 0.4) is 0 Å². The van der Waals surface area contributed by atoms with E-state index in [1.54, 1.807) is 0 Å². The SMILES string of the molecule is CC(C)c1ccc(OCC(=O)NCc2cccc(CNC(=O)COc3ccc(C(C)C)cc3)c2)cc1. The predicted octanol–water partition coefficient (Wildman–Crippen LogP) is 5.32. The van der Waals surface area contributed by atoms with Crippen molar-refractivity contribution in [3.8, 4) is 11.5 Å². The minimum absolute atomic E-state index is 0.0447. The van der Waals surface area contributed by atoms with Gasteiger partial charge in [-0.1, -0.05) is 76.2 Å². The van der Waals surface area contributed by atoms with Crippen molar-refractivity contribution >= 4 is 11.8 Å². The standard InChI is InChI=1S/C30H36N2O4/c1-21(2)25-8-12-27(13-9-25)35-19-29(33)31-17-23-6-5-7-24(16-23)18-32-30(34)20-36-28-14-10-26(11-15-28)22(3)4/h5-16,21-22H,17-20H2,1-4H3,(H,31,33)(H,32,34). The Morgan fingerprint density at radius 2 is 1.03 bits per heavy atom. The van der Waals surface area contributed by atoms with E-state index in [2.05, 4.69) is 38.3 Å². The molecule has 3 aromatic carbocycles. The van der Waals surface area contributed by atoms with Crippen LogP contribution in [0.25, 0.3) is 0 Å². The highest BCUT2D eigenvalue weighted by Gasteiger charge is 2.07. The van der Waals surface area contributed by atoms with Crippen LogP contribution in [0.5, 0.6) is 11.5 Å². The first-order valence-electron chi connectivity index (χ1n) is 12.4. The van der Waals surface area contributed by atoms with Crippen LogP contribution in [0.15, 0.2) is 72.8 Å². The Morgan fingerprint density at radius 3 is 1.39 bits per heavy atom. The van der Waals surface area contributed by atoms with Gasteiger partial charge in [0.2, 0.25) is 0 Å². The summed E-state index contributed by atoms with van der Waals surface area (Å²) < 4.78 is 11.2. The normalized spacial score (nSPS) is 10.8. The molecule has 6 heteroatoms. The highest BCUT2D eigenvalue weighted by molar-refractivity contribution is 5.78. The fourth-order valence-corrected chi connectivity index (χ4v) is 3.55. The second kappa shape index (κ2) is 13.3. The van der Waals surface area contributed by atoms with E-state index in [4.69, 9.17) is 9.47 Å². The van der Waals surface area contributed by atoms with Gasteiger partial charge in [-0.3, -0.25) is 9.59 Å². The second-order valence-corrected chi connectivity index (χ2v) is 9.40. The van der Waals surface area contributed by atoms with Crippen molar-refractivity contribution in [3.63, 3.8) is 0 Å². The highest BCUT2D eigenvalue weighted by Crippen LogP contribution is 2.19. The van der Waals surface area contributed by atoms with Gasteiger partial charge in [0.25, 0.3) is 11.8 Å². The monoisotopic (exact) mass is 488 g/mol. The summed E-state index contributed by atoms with van der Waals surface area (Å²) in [6.45, 7) is 9.21. The lowest BCUT2D eigenvalue weighted by atomic mass is 10.0. The molecule has 36 heavy (non-hydrogen) atoms. The van der Waals surface area contributed by atoms with E-state index in [0.717, 1.165) is 11.1 Å². The third kappa shape index (κ3) is 8.77. The van der Waals surface area contributed by atoms with Gasteiger partial charge in [0.1, 0.15) is 11.5 Å². The zero-order chi connectivity index (χ0) is 25.9. The van der Waals surface area contributed by atoms with Crippen LogP contribution in [-0.2, 0) is 22.7 Å². The summed E-state index contributed by atoms with van der Waals surface area (Å²) in [5.74, 6) is 1.85. The maximum absolute atomic E-state index is 12.2. The lowest BCUT2D eigenvalue weighted by Crippen LogP contribution is -2.29. The van der Waals surface area contributed by atoms with Crippen LogP contribution in [0.2, 0.25) is 0 Å². The Bertz CT molecular complexity index is 1040. The predicted molar refractivity (Wildman–Crippen MR) is 142 cm³/mol. The van der Waals surface area contributed by atoms with Gasteiger partial charge in [-0.15, -0.1) is 0 Å². The molecular weight excluding hydrogens is 452 g/mol. The summed E-state index contributed by atoms with van der Waals surface area (Å²) in [7, 11) is 0. The van der Waals surface area contributed by atoms with E-state index in [-0.39, 0.29) is 25.0 Å². The van der Waals surface area contributed by atoms with E-state index in [9.17, 15) is 9.59 Å². The number of benzene rings is 3. The molecule has 0 spiro atoms. The fraction of sp³-hybridized carbons (Fsp3) is 0.333. The first-order valence-corrected chi connectivity index (χ1v) is 12.4. The number of hydrogen-bond acceptors (Lipinski definition) is 4. The Morgan fingerprint density at radius 1 is 0.639 bits per heavy atom. The van der Waals surface area contributed by atoms with E-state index >= 15 is 0 Å². The minimum Gasteiger partial charge on any atom is -0.484 e. The number of hydrogen-bond donors (Lipinski definition) is 2. The molecule has 2 N–H and O–H groups in total. The average molecular weight is 489 g/mol. The Hall–Kier alpha value is -3.80. The van der Waals surface area contributed by atoms with Crippen LogP contribution in [0, 0.1) is 0 Å². The highest BCUT2D eigenvalue weighted by atomic mass is 16.5. The topological polar surface area (TPSA) is 76.7 Å². The molecule has 0 aliphatic carbocycles. The molecule has 0 radical (unpaired) electrons. The number of amides is 2. The molecule has 3 aromatic rings. The molecule has 6 nitrogen and oxygen atoms in total. The summed E-state index contributed by atoms with van der Waals surface area (Å²) in [4.78, 5) is 24.4. The molecule has 0 saturated heterocycles. The molecule has 0 saturated carbocycles. The van der Waals surface area contributed by atoms with Crippen LogP contribution >= 0.6 is 0 Å². The third-order valence-electron chi connectivity index (χ3n) is 5.80. The number of carbonyl (C=O) groups excluding carboxylic acids is 2. The fourth-order valence-electron chi connectivity index (χ4n) is 3.55. The Labute approximate surface area is 214 Å². The number of rotatable bonds is 12. The smallest absolute Gasteiger partial charge is 0.258 e. The molecule has 0 unspecified atom stereocenters. The van der Waals surface area contributed by atoms with Gasteiger partial charge in [-0.05, 0) is 58.4 Å². The van der Waals surface area contributed by atoms with Crippen LogP contribution in [0.4, 0.5) is 0 Å². The molecular formula is C30H36N2O4. The lowest BCUT2D eigenvalue weighted by Gasteiger charge is -2.11. The first-order chi connectivity index (χ1) is 17.3. The number of ether oxygens (including phenoxy) is 2. The Balaban J connectivity index is 1.38. The molecule has 0 aliphatic heterocycles. The van der Waals surface area contributed by atoms with E-state index < -0.39 is 0 Å². The molecule has 2 amide bonds. The van der Waals surface area contributed by atoms with Gasteiger partial charge in [-0.25, -0.2) is 0 Å². The van der Waals surface area contributed by atoms with E-state index in [0.29, 0.717) is 36.4 Å². The van der Waals surface area contributed by atoms with Gasteiger partial charge in [0.15, 0.2) is 13.2 Å². The van der Waals surface area contributed by atoms with Crippen LogP contribution in [-0.4, -0.2) is 25.0 Å². The lowest BCUT2D eigenvalue weighted by molar-refractivity contribution is -0.124. The van der Waals surface area contributed by atoms with Crippen LogP contribution < -0.4 is 20.1 Å². The summed E-state index contributed by atoms with van der Waals surface area (Å²) in [6.07, 6.45) is 0. The minimum atomic E-state index is -0.194. The average Bonchev–Trinajstić information content (AvgIpc) is 2.89. The first kappa shape index (κ1) is 26.8. The van der Waals surface area contributed by atoms with Gasteiger partial charge in [-0.2, -0.15) is 0 Å². The van der Waals surface area contributed by atoms with Crippen molar-refractivity contribution in [2.24, 2.45) is 0 Å². The van der Waals surface area contributed by atoms with Crippen molar-refractivity contribution in [3.05, 3.63) is 95.1 Å². The summed E-state index contributed by atoms with van der Waals surface area (Å²) >= 11 is 0. The van der Waals surface area contributed by atoms with Gasteiger partial charge in [0.05, 0.1) is 0 Å². The maximum Gasteiger partial charge on any atom is 0.258 e. The van der Waals surface area contributed by atoms with Gasteiger partial charge in [0, 0.05) is 13.1 Å². The number of carbonyl (C=O) groups is 2. The zero-order valence-corrected chi connectivity index (χ0v) is 21.5. The second-order valence-electron chi connectivity index (χ2n) is 9.40. The van der Waals surface area contributed by atoms with Crippen molar-refractivity contribution in [2.75, 3.05) is 13.2 Å². The molecule has 3 rings (SSSR count). The van der Waals surface area contributed by atoms with Crippen molar-refractivity contribution in [1.29, 1.82) is 0 Å². The summed E-state index contributed by atoms with van der Waals surface area (Å²) in [6, 6.07) is 23.3. The largest absolute Gasteiger partial charge is 0.484 e. The summed E-state index contributed by atoms with van der Waals surface area (Å²) in [5, 5.41) is 5.74. The van der Waals surface area contributed by atoms with Crippen molar-refractivity contribution < 1.29 is 19.1 Å². The maximum atomic E-state index is 12.2. The molecule has 0 fully saturated rings. The molecule has 190 valence electrons. The van der Waals surface area contributed by atoms with E-state index in [1.165, 1.54) is 11.1 Å². The zero-order valence-electron chi connectivity index (χ0n) is 21.5. The quantitative estimate of drug-likeness (QED) is 0.362. The van der Waals surface area contributed by atoms with Gasteiger partial charge >= 0.3 is 0 Å². The van der Waals surface area contributed by atoms with E-state index in [1.807, 2.05) is 72.8 Å². The molecule has 0 aromatic heterocycles. The molecule has 0 heterocycles. The van der Waals surface area contributed by atoms with Crippen molar-refractivity contribution in [1.82, 2.24) is 10.6 Å².